The van der Waals surface area contributed by atoms with Crippen molar-refractivity contribution in [1.82, 2.24) is 14.5 Å². The van der Waals surface area contributed by atoms with Gasteiger partial charge in [0.1, 0.15) is 4.90 Å². The van der Waals surface area contributed by atoms with Crippen LogP contribution in [0.5, 0.6) is 0 Å². The highest BCUT2D eigenvalue weighted by Crippen LogP contribution is 2.18. The van der Waals surface area contributed by atoms with E-state index in [1.165, 1.54) is 35.3 Å². The van der Waals surface area contributed by atoms with Gasteiger partial charge in [0.05, 0.1) is 0 Å². The maximum absolute atomic E-state index is 11.7. The zero-order chi connectivity index (χ0) is 14.0. The molecule has 0 aliphatic carbocycles. The molecule has 0 spiro atoms. The number of nitrogens with two attached hydrogens (primary N) is 1. The number of pyridine rings is 1. The normalized spacial score (nSPS) is 12.6. The van der Waals surface area contributed by atoms with E-state index in [9.17, 15) is 8.42 Å². The summed E-state index contributed by atoms with van der Waals surface area (Å²) >= 11 is 0. The van der Waals surface area contributed by atoms with Crippen LogP contribution in [0.1, 0.15) is 5.82 Å². The van der Waals surface area contributed by atoms with Gasteiger partial charge in [-0.15, -0.1) is 0 Å². The molecular formula is C10H11N5O3S. The molecule has 9 heteroatoms. The van der Waals surface area contributed by atoms with Crippen LogP contribution in [-0.4, -0.2) is 40.3 Å². The van der Waals surface area contributed by atoms with E-state index < -0.39 is 9.84 Å². The molecule has 2 aromatic heterocycles. The molecule has 2 heterocycles. The van der Waals surface area contributed by atoms with Gasteiger partial charge in [0.2, 0.25) is 5.84 Å². The van der Waals surface area contributed by atoms with Crippen molar-refractivity contribution in [3.8, 4) is 5.82 Å². The Bertz CT molecular complexity index is 735. The third kappa shape index (κ3) is 2.40. The molecule has 8 nitrogen and oxygen atoms in total. The lowest BCUT2D eigenvalue weighted by Gasteiger charge is -2.09. The van der Waals surface area contributed by atoms with Crippen LogP contribution in [-0.2, 0) is 9.84 Å². The lowest BCUT2D eigenvalue weighted by atomic mass is 10.4. The zero-order valence-corrected chi connectivity index (χ0v) is 10.7. The van der Waals surface area contributed by atoms with Gasteiger partial charge in [0.25, 0.3) is 0 Å². The van der Waals surface area contributed by atoms with Gasteiger partial charge in [-0.3, -0.25) is 4.57 Å². The minimum atomic E-state index is -3.46. The molecule has 0 saturated carbocycles. The molecule has 2 aromatic rings. The number of amidine groups is 1. The van der Waals surface area contributed by atoms with Crippen LogP contribution < -0.4 is 5.73 Å². The van der Waals surface area contributed by atoms with E-state index >= 15 is 0 Å². The summed E-state index contributed by atoms with van der Waals surface area (Å²) < 4.78 is 24.8. The van der Waals surface area contributed by atoms with Crippen LogP contribution in [0.4, 0.5) is 0 Å². The van der Waals surface area contributed by atoms with Gasteiger partial charge in [-0.25, -0.2) is 18.4 Å². The predicted molar refractivity (Wildman–Crippen MR) is 67.0 cm³/mol. The van der Waals surface area contributed by atoms with Gasteiger partial charge in [0, 0.05) is 24.8 Å². The molecule has 3 N–H and O–H groups in total. The molecule has 0 atom stereocenters. The number of sulfone groups is 1. The van der Waals surface area contributed by atoms with Gasteiger partial charge in [0.15, 0.2) is 21.5 Å². The number of aromatic nitrogens is 3. The molecule has 0 fully saturated rings. The van der Waals surface area contributed by atoms with E-state index in [0.717, 1.165) is 6.26 Å². The summed E-state index contributed by atoms with van der Waals surface area (Å²) in [4.78, 5) is 7.94. The molecule has 0 aromatic carbocycles. The fourth-order valence-electron chi connectivity index (χ4n) is 1.56. The number of imidazole rings is 1. The van der Waals surface area contributed by atoms with E-state index in [4.69, 9.17) is 10.9 Å². The van der Waals surface area contributed by atoms with Crippen LogP contribution >= 0.6 is 0 Å². The Hall–Kier alpha value is -2.42. The molecule has 0 unspecified atom stereocenters. The number of rotatable bonds is 3. The van der Waals surface area contributed by atoms with Crippen LogP contribution in [0, 0.1) is 0 Å². The standard InChI is InChI=1S/C10H11N5O3S/c1-19(17,18)7-3-2-4-12-9(7)15-6-5-13-10(15)8(11)14-16/h2-6,16H,1H3,(H2,11,14). The number of hydrogen-bond acceptors (Lipinski definition) is 6. The van der Waals surface area contributed by atoms with Crippen molar-refractivity contribution in [3.63, 3.8) is 0 Å². The van der Waals surface area contributed by atoms with Gasteiger partial charge in [-0.2, -0.15) is 0 Å². The SMILES string of the molecule is CS(=O)(=O)c1cccnc1-n1ccnc1/C(N)=N/O. The van der Waals surface area contributed by atoms with Crippen molar-refractivity contribution in [3.05, 3.63) is 36.5 Å². The average Bonchev–Trinajstić information content (AvgIpc) is 2.86. The van der Waals surface area contributed by atoms with Crippen LogP contribution in [0.15, 0.2) is 40.8 Å². The van der Waals surface area contributed by atoms with E-state index in [-0.39, 0.29) is 22.4 Å². The molecule has 0 bridgehead atoms. The van der Waals surface area contributed by atoms with Crippen molar-refractivity contribution < 1.29 is 13.6 Å². The van der Waals surface area contributed by atoms with E-state index in [1.54, 1.807) is 0 Å². The minimum Gasteiger partial charge on any atom is -0.409 e. The largest absolute Gasteiger partial charge is 0.409 e. The van der Waals surface area contributed by atoms with Crippen molar-refractivity contribution in [2.75, 3.05) is 6.26 Å². The second-order valence-corrected chi connectivity index (χ2v) is 5.69. The molecule has 0 aliphatic rings. The number of hydrogen-bond donors (Lipinski definition) is 2. The molecule has 0 radical (unpaired) electrons. The van der Waals surface area contributed by atoms with Crippen LogP contribution in [0.3, 0.4) is 0 Å². The topological polar surface area (TPSA) is 123 Å². The zero-order valence-electron chi connectivity index (χ0n) is 9.92. The van der Waals surface area contributed by atoms with Gasteiger partial charge in [-0.05, 0) is 12.1 Å². The summed E-state index contributed by atoms with van der Waals surface area (Å²) in [6, 6.07) is 2.94. The Balaban J connectivity index is 2.71. The Labute approximate surface area is 109 Å². The highest BCUT2D eigenvalue weighted by Gasteiger charge is 2.18. The van der Waals surface area contributed by atoms with Crippen molar-refractivity contribution >= 4 is 15.7 Å². The summed E-state index contributed by atoms with van der Waals surface area (Å²) in [6.45, 7) is 0. The first-order chi connectivity index (χ1) is 8.95. The molecule has 0 amide bonds. The van der Waals surface area contributed by atoms with Crippen LogP contribution in [0.25, 0.3) is 5.82 Å². The lowest BCUT2D eigenvalue weighted by molar-refractivity contribution is 0.318. The molecule has 100 valence electrons. The monoisotopic (exact) mass is 281 g/mol. The fraction of sp³-hybridized carbons (Fsp3) is 0.100. The smallest absolute Gasteiger partial charge is 0.206 e. The highest BCUT2D eigenvalue weighted by atomic mass is 32.2. The Morgan fingerprint density at radius 3 is 2.79 bits per heavy atom. The third-order valence-electron chi connectivity index (χ3n) is 2.36. The highest BCUT2D eigenvalue weighted by molar-refractivity contribution is 7.90. The fourth-order valence-corrected chi connectivity index (χ4v) is 2.37. The number of nitrogens with zero attached hydrogens (tertiary/aromatic N) is 4. The van der Waals surface area contributed by atoms with E-state index in [2.05, 4.69) is 15.1 Å². The van der Waals surface area contributed by atoms with Gasteiger partial charge in [-0.1, -0.05) is 5.16 Å². The maximum Gasteiger partial charge on any atom is 0.206 e. The first-order valence-corrected chi connectivity index (χ1v) is 7.01. The Kier molecular flexibility index (Phi) is 3.21. The van der Waals surface area contributed by atoms with Crippen molar-refractivity contribution in [2.24, 2.45) is 10.9 Å². The van der Waals surface area contributed by atoms with Crippen LogP contribution in [0.2, 0.25) is 0 Å². The second-order valence-electron chi connectivity index (χ2n) is 3.70. The van der Waals surface area contributed by atoms with Gasteiger partial charge >= 0.3 is 0 Å². The predicted octanol–water partition coefficient (Wildman–Crippen LogP) is -0.235. The first kappa shape index (κ1) is 13.0. The summed E-state index contributed by atoms with van der Waals surface area (Å²) in [5.41, 5.74) is 5.48. The molecule has 0 aliphatic heterocycles. The summed E-state index contributed by atoms with van der Waals surface area (Å²) in [6.07, 6.45) is 5.40. The third-order valence-corrected chi connectivity index (χ3v) is 3.47. The van der Waals surface area contributed by atoms with E-state index in [1.807, 2.05) is 0 Å². The molecule has 0 saturated heterocycles. The molecule has 19 heavy (non-hydrogen) atoms. The Morgan fingerprint density at radius 1 is 1.42 bits per heavy atom. The summed E-state index contributed by atoms with van der Waals surface area (Å²) in [5, 5.41) is 11.5. The van der Waals surface area contributed by atoms with E-state index in [0.29, 0.717) is 0 Å². The average molecular weight is 281 g/mol. The second kappa shape index (κ2) is 4.69. The Morgan fingerprint density at radius 2 is 2.16 bits per heavy atom. The maximum atomic E-state index is 11.7. The minimum absolute atomic E-state index is 0.0278. The summed E-state index contributed by atoms with van der Waals surface area (Å²) in [5.74, 6) is 0.00491. The number of oxime groups is 1. The van der Waals surface area contributed by atoms with Crippen molar-refractivity contribution in [1.29, 1.82) is 0 Å². The van der Waals surface area contributed by atoms with Gasteiger partial charge < -0.3 is 10.9 Å². The first-order valence-electron chi connectivity index (χ1n) is 5.12. The molecule has 2 rings (SSSR count). The van der Waals surface area contributed by atoms with Crippen molar-refractivity contribution in [2.45, 2.75) is 4.90 Å². The molecular weight excluding hydrogens is 270 g/mol. The quantitative estimate of drug-likeness (QED) is 0.346. The lowest BCUT2D eigenvalue weighted by Crippen LogP contribution is -2.20. The summed E-state index contributed by atoms with van der Waals surface area (Å²) in [7, 11) is -3.46.